The van der Waals surface area contributed by atoms with E-state index in [4.69, 9.17) is 21.1 Å². The van der Waals surface area contributed by atoms with Crippen molar-refractivity contribution in [2.24, 2.45) is 5.92 Å². The molecule has 0 aromatic carbocycles. The second kappa shape index (κ2) is 10.9. The van der Waals surface area contributed by atoms with Crippen molar-refractivity contribution in [3.63, 3.8) is 0 Å². The molecule has 0 unspecified atom stereocenters. The van der Waals surface area contributed by atoms with E-state index in [1.54, 1.807) is 26.8 Å². The number of rotatable bonds is 10. The van der Waals surface area contributed by atoms with Crippen LogP contribution in [0.25, 0.3) is 0 Å². The molecule has 6 heteroatoms. The Morgan fingerprint density at radius 1 is 1.45 bits per heavy atom. The van der Waals surface area contributed by atoms with Crippen LogP contribution in [-0.2, 0) is 9.47 Å². The minimum atomic E-state index is -0.814. The number of hydrogen-bond donors (Lipinski definition) is 2. The molecule has 0 aromatic rings. The largest absolute Gasteiger partial charge is 0.444 e. The lowest BCUT2D eigenvalue weighted by Gasteiger charge is -2.27. The van der Waals surface area contributed by atoms with E-state index in [0.717, 1.165) is 6.42 Å². The molecule has 22 heavy (non-hydrogen) atoms. The Hall–Kier alpha value is -0.780. The molecule has 0 saturated carbocycles. The minimum Gasteiger partial charge on any atom is -0.444 e. The molecule has 1 amide bonds. The standard InChI is InChI=1S/C16H30ClNO4/c1-6-8-21-9-7-12(2)10-13(14(19)11-17)18-15(20)22-16(3,4)5/h6,12-14,19H,1,7-11H2,2-5H3,(H,18,20)/t12-,13+,14-/m1/s1. The quantitative estimate of drug-likeness (QED) is 0.366. The average molecular weight is 336 g/mol. The van der Waals surface area contributed by atoms with Crippen molar-refractivity contribution in [3.05, 3.63) is 12.7 Å². The topological polar surface area (TPSA) is 67.8 Å². The number of alkyl carbamates (subject to hydrolysis) is 1. The van der Waals surface area contributed by atoms with Crippen molar-refractivity contribution in [1.29, 1.82) is 0 Å². The van der Waals surface area contributed by atoms with Crippen molar-refractivity contribution in [3.8, 4) is 0 Å². The number of aliphatic hydroxyl groups excluding tert-OH is 1. The molecule has 0 aliphatic rings. The summed E-state index contributed by atoms with van der Waals surface area (Å²) in [4.78, 5) is 11.8. The van der Waals surface area contributed by atoms with E-state index in [1.807, 2.05) is 6.92 Å². The number of carbonyl (C=O) groups excluding carboxylic acids is 1. The van der Waals surface area contributed by atoms with Crippen molar-refractivity contribution < 1.29 is 19.4 Å². The van der Waals surface area contributed by atoms with E-state index in [1.165, 1.54) is 0 Å². The number of ether oxygens (including phenoxy) is 2. The van der Waals surface area contributed by atoms with E-state index in [0.29, 0.717) is 19.6 Å². The van der Waals surface area contributed by atoms with Crippen LogP contribution in [0.3, 0.4) is 0 Å². The van der Waals surface area contributed by atoms with Gasteiger partial charge in [0.2, 0.25) is 0 Å². The number of halogens is 1. The number of carbonyl (C=O) groups is 1. The Labute approximate surface area is 139 Å². The van der Waals surface area contributed by atoms with Gasteiger partial charge in [-0.3, -0.25) is 0 Å². The number of amides is 1. The first-order chi connectivity index (χ1) is 10.2. The Bertz CT molecular complexity index is 331. The highest BCUT2D eigenvalue weighted by molar-refractivity contribution is 6.18. The highest BCUT2D eigenvalue weighted by Gasteiger charge is 2.25. The van der Waals surface area contributed by atoms with Gasteiger partial charge in [-0.2, -0.15) is 0 Å². The van der Waals surface area contributed by atoms with Crippen molar-refractivity contribution in [2.75, 3.05) is 19.1 Å². The third-order valence-electron chi connectivity index (χ3n) is 2.97. The van der Waals surface area contributed by atoms with Gasteiger partial charge < -0.3 is 19.9 Å². The fourth-order valence-corrected chi connectivity index (χ4v) is 2.10. The van der Waals surface area contributed by atoms with Gasteiger partial charge >= 0.3 is 6.09 Å². The predicted octanol–water partition coefficient (Wildman–Crippen LogP) is 3.10. The second-order valence-electron chi connectivity index (χ2n) is 6.47. The first-order valence-corrected chi connectivity index (χ1v) is 8.15. The first-order valence-electron chi connectivity index (χ1n) is 7.61. The third-order valence-corrected chi connectivity index (χ3v) is 3.29. The number of aliphatic hydroxyl groups is 1. The van der Waals surface area contributed by atoms with Gasteiger partial charge in [0.25, 0.3) is 0 Å². The monoisotopic (exact) mass is 335 g/mol. The molecule has 0 aliphatic carbocycles. The molecule has 3 atom stereocenters. The zero-order valence-corrected chi connectivity index (χ0v) is 14.9. The van der Waals surface area contributed by atoms with Crippen molar-refractivity contribution in [2.45, 2.75) is 58.3 Å². The lowest BCUT2D eigenvalue weighted by molar-refractivity contribution is 0.0417. The summed E-state index contributed by atoms with van der Waals surface area (Å²) >= 11 is 5.71. The summed E-state index contributed by atoms with van der Waals surface area (Å²) in [6.45, 7) is 12.1. The van der Waals surface area contributed by atoms with Crippen LogP contribution in [0.5, 0.6) is 0 Å². The highest BCUT2D eigenvalue weighted by atomic mass is 35.5. The Kier molecular flexibility index (Phi) is 10.5. The van der Waals surface area contributed by atoms with Gasteiger partial charge in [0.05, 0.1) is 24.6 Å². The van der Waals surface area contributed by atoms with Gasteiger partial charge in [0, 0.05) is 6.61 Å². The summed E-state index contributed by atoms with van der Waals surface area (Å²) in [7, 11) is 0. The number of hydrogen-bond acceptors (Lipinski definition) is 4. The minimum absolute atomic E-state index is 0.0557. The van der Waals surface area contributed by atoms with Crippen LogP contribution in [0, 0.1) is 5.92 Å². The van der Waals surface area contributed by atoms with E-state index in [-0.39, 0.29) is 11.8 Å². The summed E-state index contributed by atoms with van der Waals surface area (Å²) in [6.07, 6.45) is 1.77. The fraction of sp³-hybridized carbons (Fsp3) is 0.812. The SMILES string of the molecule is C=CCOCC[C@@H](C)C[C@H](NC(=O)OC(C)(C)C)[C@H](O)CCl. The molecular weight excluding hydrogens is 306 g/mol. The van der Waals surface area contributed by atoms with Crippen molar-refractivity contribution >= 4 is 17.7 Å². The zero-order valence-electron chi connectivity index (χ0n) is 14.1. The molecule has 2 N–H and O–H groups in total. The van der Waals surface area contributed by atoms with Crippen LogP contribution >= 0.6 is 11.6 Å². The molecule has 0 fully saturated rings. The maximum Gasteiger partial charge on any atom is 0.407 e. The maximum absolute atomic E-state index is 11.8. The molecule has 0 bridgehead atoms. The number of nitrogens with one attached hydrogen (secondary N) is 1. The van der Waals surface area contributed by atoms with Crippen molar-refractivity contribution in [1.82, 2.24) is 5.32 Å². The van der Waals surface area contributed by atoms with Crippen LogP contribution in [0.15, 0.2) is 12.7 Å². The third kappa shape index (κ3) is 10.9. The molecule has 0 spiro atoms. The average Bonchev–Trinajstić information content (AvgIpc) is 2.40. The Balaban J connectivity index is 4.39. The summed E-state index contributed by atoms with van der Waals surface area (Å²) in [5.41, 5.74) is -0.579. The molecule has 5 nitrogen and oxygen atoms in total. The molecule has 130 valence electrons. The normalized spacial score (nSPS) is 15.7. The molecule has 0 heterocycles. The number of alkyl halides is 1. The van der Waals surface area contributed by atoms with Crippen LogP contribution in [0.2, 0.25) is 0 Å². The summed E-state index contributed by atoms with van der Waals surface area (Å²) in [6, 6.07) is -0.443. The lowest BCUT2D eigenvalue weighted by Crippen LogP contribution is -2.47. The summed E-state index contributed by atoms with van der Waals surface area (Å²) < 4.78 is 10.6. The predicted molar refractivity (Wildman–Crippen MR) is 89.3 cm³/mol. The summed E-state index contributed by atoms with van der Waals surface area (Å²) in [5, 5.41) is 12.7. The first kappa shape index (κ1) is 21.2. The van der Waals surface area contributed by atoms with Crippen LogP contribution in [0.4, 0.5) is 4.79 Å². The molecule has 0 aromatic heterocycles. The van der Waals surface area contributed by atoms with Gasteiger partial charge in [-0.1, -0.05) is 13.0 Å². The smallest absolute Gasteiger partial charge is 0.407 e. The highest BCUT2D eigenvalue weighted by Crippen LogP contribution is 2.15. The van der Waals surface area contributed by atoms with Crippen LogP contribution < -0.4 is 5.32 Å². The zero-order chi connectivity index (χ0) is 17.2. The van der Waals surface area contributed by atoms with Gasteiger partial charge in [-0.05, 0) is 39.5 Å². The van der Waals surface area contributed by atoms with E-state index >= 15 is 0 Å². The molecule has 0 rings (SSSR count). The second-order valence-corrected chi connectivity index (χ2v) is 6.78. The van der Waals surface area contributed by atoms with Crippen LogP contribution in [-0.4, -0.2) is 48.0 Å². The summed E-state index contributed by atoms with van der Waals surface area (Å²) in [5.74, 6) is 0.322. The van der Waals surface area contributed by atoms with Crippen LogP contribution in [0.1, 0.15) is 40.5 Å². The molecular formula is C16H30ClNO4. The van der Waals surface area contributed by atoms with Gasteiger partial charge in [-0.25, -0.2) is 4.79 Å². The van der Waals surface area contributed by atoms with Gasteiger partial charge in [-0.15, -0.1) is 18.2 Å². The molecule has 0 aliphatic heterocycles. The lowest BCUT2D eigenvalue weighted by atomic mass is 9.96. The van der Waals surface area contributed by atoms with E-state index in [9.17, 15) is 9.90 Å². The molecule has 0 radical (unpaired) electrons. The molecule has 0 saturated heterocycles. The van der Waals surface area contributed by atoms with E-state index < -0.39 is 23.8 Å². The maximum atomic E-state index is 11.8. The fourth-order valence-electron chi connectivity index (χ4n) is 1.88. The van der Waals surface area contributed by atoms with E-state index in [2.05, 4.69) is 11.9 Å². The Morgan fingerprint density at radius 3 is 2.59 bits per heavy atom. The van der Waals surface area contributed by atoms with Gasteiger partial charge in [0.1, 0.15) is 5.60 Å². The Morgan fingerprint density at radius 2 is 2.09 bits per heavy atom. The van der Waals surface area contributed by atoms with Gasteiger partial charge in [0.15, 0.2) is 0 Å².